The van der Waals surface area contributed by atoms with Crippen LogP contribution in [0.2, 0.25) is 0 Å². The Morgan fingerprint density at radius 3 is 2.58 bits per heavy atom. The number of carbonyl (C=O) groups excluding carboxylic acids is 2. The highest BCUT2D eigenvalue weighted by atomic mass is 32.1. The van der Waals surface area contributed by atoms with Crippen molar-refractivity contribution in [1.82, 2.24) is 4.90 Å². The number of aryl methyl sites for hydroxylation is 1. The number of nitrogens with zero attached hydrogens (tertiary/aromatic N) is 1. The number of carboxylic acid groups (broad SMARTS) is 1. The van der Waals surface area contributed by atoms with Crippen LogP contribution in [0.3, 0.4) is 0 Å². The molecule has 6 nitrogen and oxygen atoms in total. The molecule has 19 heavy (non-hydrogen) atoms. The third-order valence-electron chi connectivity index (χ3n) is 2.42. The number of primary amides is 1. The first kappa shape index (κ1) is 15.2. The number of nitrogens with two attached hydrogens (primary N) is 1. The van der Waals surface area contributed by atoms with Crippen LogP contribution in [0, 0.1) is 0 Å². The van der Waals surface area contributed by atoms with E-state index in [4.69, 9.17) is 10.8 Å². The van der Waals surface area contributed by atoms with Crippen LogP contribution in [0.25, 0.3) is 0 Å². The first-order valence-electron chi connectivity index (χ1n) is 5.79. The second-order valence-corrected chi connectivity index (χ2v) is 5.08. The minimum atomic E-state index is -1.16. The van der Waals surface area contributed by atoms with Gasteiger partial charge in [0, 0.05) is 11.3 Å². The molecule has 0 unspecified atom stereocenters. The number of aliphatic carboxylic acids is 1. The van der Waals surface area contributed by atoms with E-state index in [9.17, 15) is 14.4 Å². The van der Waals surface area contributed by atoms with Gasteiger partial charge in [0.05, 0.1) is 6.54 Å². The number of carbonyl (C=O) groups is 3. The highest BCUT2D eigenvalue weighted by Gasteiger charge is 2.18. The highest BCUT2D eigenvalue weighted by Crippen LogP contribution is 2.12. The van der Waals surface area contributed by atoms with Crippen LogP contribution in [-0.4, -0.2) is 40.9 Å². The molecule has 3 N–H and O–H groups in total. The van der Waals surface area contributed by atoms with Gasteiger partial charge < -0.3 is 15.7 Å². The van der Waals surface area contributed by atoms with Crippen molar-refractivity contribution >= 4 is 29.1 Å². The van der Waals surface area contributed by atoms with Gasteiger partial charge in [0.1, 0.15) is 6.54 Å². The maximum absolute atomic E-state index is 11.8. The molecule has 0 aliphatic carbocycles. The molecule has 2 amide bonds. The van der Waals surface area contributed by atoms with Gasteiger partial charge in [-0.15, -0.1) is 11.3 Å². The van der Waals surface area contributed by atoms with E-state index in [2.05, 4.69) is 0 Å². The highest BCUT2D eigenvalue weighted by molar-refractivity contribution is 7.09. The van der Waals surface area contributed by atoms with Crippen LogP contribution in [0.1, 0.15) is 17.7 Å². The minimum absolute atomic E-state index is 0.207. The number of carboxylic acids is 1. The summed E-state index contributed by atoms with van der Waals surface area (Å²) in [5, 5.41) is 10.6. The lowest BCUT2D eigenvalue weighted by Gasteiger charge is -2.18. The molecule has 0 fully saturated rings. The maximum Gasteiger partial charge on any atom is 0.323 e. The Labute approximate surface area is 114 Å². The summed E-state index contributed by atoms with van der Waals surface area (Å²) in [6, 6.07) is 3.92. The Bertz CT molecular complexity index is 429. The largest absolute Gasteiger partial charge is 0.480 e. The lowest BCUT2D eigenvalue weighted by Crippen LogP contribution is -2.41. The molecule has 0 radical (unpaired) electrons. The van der Waals surface area contributed by atoms with E-state index in [1.54, 1.807) is 11.3 Å². The molecule has 0 aromatic carbocycles. The van der Waals surface area contributed by atoms with Gasteiger partial charge in [-0.2, -0.15) is 0 Å². The molecule has 0 aliphatic rings. The molecule has 0 atom stereocenters. The molecular weight excluding hydrogens is 268 g/mol. The first-order chi connectivity index (χ1) is 8.99. The molecule has 0 aliphatic heterocycles. The normalized spacial score (nSPS) is 10.1. The molecule has 0 saturated heterocycles. The second kappa shape index (κ2) is 7.52. The summed E-state index contributed by atoms with van der Waals surface area (Å²) in [4.78, 5) is 35.4. The molecule has 1 rings (SSSR count). The predicted molar refractivity (Wildman–Crippen MR) is 70.7 cm³/mol. The standard InChI is InChI=1S/C12H16N2O4S/c13-10(15)7-14(8-12(17)18)11(16)5-1-3-9-4-2-6-19-9/h2,4,6H,1,3,5,7-8H2,(H2,13,15)(H,17,18). The van der Waals surface area contributed by atoms with E-state index < -0.39 is 18.4 Å². The Morgan fingerprint density at radius 2 is 2.05 bits per heavy atom. The summed E-state index contributed by atoms with van der Waals surface area (Å²) in [5.41, 5.74) is 4.99. The zero-order valence-electron chi connectivity index (χ0n) is 10.4. The average molecular weight is 284 g/mol. The van der Waals surface area contributed by atoms with Crippen LogP contribution in [-0.2, 0) is 20.8 Å². The lowest BCUT2D eigenvalue weighted by atomic mass is 10.2. The third kappa shape index (κ3) is 6.01. The molecule has 7 heteroatoms. The summed E-state index contributed by atoms with van der Waals surface area (Å²) in [6.45, 7) is -0.856. The molecule has 1 heterocycles. The zero-order chi connectivity index (χ0) is 14.3. The van der Waals surface area contributed by atoms with Crippen molar-refractivity contribution < 1.29 is 19.5 Å². The quantitative estimate of drug-likeness (QED) is 0.724. The van der Waals surface area contributed by atoms with Gasteiger partial charge in [-0.1, -0.05) is 6.07 Å². The Kier molecular flexibility index (Phi) is 6.01. The van der Waals surface area contributed by atoms with E-state index in [1.807, 2.05) is 17.5 Å². The molecule has 1 aromatic heterocycles. The van der Waals surface area contributed by atoms with Crippen molar-refractivity contribution in [3.63, 3.8) is 0 Å². The second-order valence-electron chi connectivity index (χ2n) is 4.04. The number of hydrogen-bond donors (Lipinski definition) is 2. The summed E-state index contributed by atoms with van der Waals surface area (Å²) in [5.74, 6) is -2.24. The number of hydrogen-bond acceptors (Lipinski definition) is 4. The molecule has 1 aromatic rings. The summed E-state index contributed by atoms with van der Waals surface area (Å²) in [7, 11) is 0. The van der Waals surface area contributed by atoms with Crippen LogP contribution in [0.15, 0.2) is 17.5 Å². The molecule has 0 spiro atoms. The maximum atomic E-state index is 11.8. The lowest BCUT2D eigenvalue weighted by molar-refractivity contribution is -0.145. The van der Waals surface area contributed by atoms with E-state index in [1.165, 1.54) is 4.88 Å². The van der Waals surface area contributed by atoms with Gasteiger partial charge in [-0.25, -0.2) is 0 Å². The van der Waals surface area contributed by atoms with Gasteiger partial charge in [-0.3, -0.25) is 14.4 Å². The van der Waals surface area contributed by atoms with Crippen LogP contribution in [0.4, 0.5) is 0 Å². The van der Waals surface area contributed by atoms with Gasteiger partial charge in [0.25, 0.3) is 0 Å². The number of amides is 2. The van der Waals surface area contributed by atoms with Crippen molar-refractivity contribution in [2.45, 2.75) is 19.3 Å². The Morgan fingerprint density at radius 1 is 1.32 bits per heavy atom. The van der Waals surface area contributed by atoms with Gasteiger partial charge in [0.15, 0.2) is 0 Å². The molecule has 0 saturated carbocycles. The van der Waals surface area contributed by atoms with Crippen LogP contribution < -0.4 is 5.73 Å². The van der Waals surface area contributed by atoms with Gasteiger partial charge in [-0.05, 0) is 24.3 Å². The Hall–Kier alpha value is -1.89. The van der Waals surface area contributed by atoms with Gasteiger partial charge >= 0.3 is 5.97 Å². The predicted octanol–water partition coefficient (Wildman–Crippen LogP) is 0.469. The smallest absolute Gasteiger partial charge is 0.323 e. The van der Waals surface area contributed by atoms with E-state index in [-0.39, 0.29) is 18.9 Å². The minimum Gasteiger partial charge on any atom is -0.480 e. The van der Waals surface area contributed by atoms with Crippen molar-refractivity contribution in [2.24, 2.45) is 5.73 Å². The summed E-state index contributed by atoms with van der Waals surface area (Å²) in [6.07, 6.45) is 1.59. The van der Waals surface area contributed by atoms with E-state index in [0.29, 0.717) is 6.42 Å². The first-order valence-corrected chi connectivity index (χ1v) is 6.67. The van der Waals surface area contributed by atoms with Crippen molar-refractivity contribution in [2.75, 3.05) is 13.1 Å². The summed E-state index contributed by atoms with van der Waals surface area (Å²) >= 11 is 1.61. The molecular formula is C12H16N2O4S. The topological polar surface area (TPSA) is 101 Å². The SMILES string of the molecule is NC(=O)CN(CC(=O)O)C(=O)CCCc1cccs1. The van der Waals surface area contributed by atoms with Gasteiger partial charge in [0.2, 0.25) is 11.8 Å². The van der Waals surface area contributed by atoms with Crippen molar-refractivity contribution in [3.8, 4) is 0 Å². The molecule has 0 bridgehead atoms. The average Bonchev–Trinajstić information content (AvgIpc) is 2.79. The summed E-state index contributed by atoms with van der Waals surface area (Å²) < 4.78 is 0. The number of thiophene rings is 1. The van der Waals surface area contributed by atoms with Crippen LogP contribution in [0.5, 0.6) is 0 Å². The fourth-order valence-corrected chi connectivity index (χ4v) is 2.36. The van der Waals surface area contributed by atoms with E-state index in [0.717, 1.165) is 11.3 Å². The fourth-order valence-electron chi connectivity index (χ4n) is 1.61. The van der Waals surface area contributed by atoms with Crippen molar-refractivity contribution in [1.29, 1.82) is 0 Å². The van der Waals surface area contributed by atoms with Crippen LogP contribution >= 0.6 is 11.3 Å². The number of rotatable bonds is 8. The third-order valence-corrected chi connectivity index (χ3v) is 3.36. The van der Waals surface area contributed by atoms with E-state index >= 15 is 0 Å². The molecule has 104 valence electrons. The Balaban J connectivity index is 2.42. The fraction of sp³-hybridized carbons (Fsp3) is 0.417. The zero-order valence-corrected chi connectivity index (χ0v) is 11.2. The monoisotopic (exact) mass is 284 g/mol. The van der Waals surface area contributed by atoms with Crippen molar-refractivity contribution in [3.05, 3.63) is 22.4 Å².